The minimum atomic E-state index is 0.0776. The first-order chi connectivity index (χ1) is 14.7. The average molecular weight is 434 g/mol. The first kappa shape index (κ1) is 18.1. The first-order valence-corrected chi connectivity index (χ1v) is 11.9. The molecule has 1 N–H and O–H groups in total. The fourth-order valence-corrected chi connectivity index (χ4v) is 6.55. The topological polar surface area (TPSA) is 75.9 Å². The molecular formula is C22H19N5OS2. The van der Waals surface area contributed by atoms with E-state index < -0.39 is 0 Å². The summed E-state index contributed by atoms with van der Waals surface area (Å²) < 4.78 is 2.01. The number of rotatable bonds is 4. The van der Waals surface area contributed by atoms with Crippen molar-refractivity contribution < 1.29 is 4.79 Å². The maximum absolute atomic E-state index is 12.9. The quantitative estimate of drug-likeness (QED) is 0.319. The van der Waals surface area contributed by atoms with Crippen LogP contribution in [0.5, 0.6) is 0 Å². The summed E-state index contributed by atoms with van der Waals surface area (Å²) in [5.74, 6) is 1.25. The minimum Gasteiger partial charge on any atom is -0.360 e. The molecule has 6 nitrogen and oxygen atoms in total. The maximum Gasteiger partial charge on any atom is 0.197 e. The third kappa shape index (κ3) is 2.70. The molecule has 0 spiro atoms. The molecule has 8 heteroatoms. The smallest absolute Gasteiger partial charge is 0.197 e. The van der Waals surface area contributed by atoms with Gasteiger partial charge in [0.1, 0.15) is 10.7 Å². The number of nitrogens with one attached hydrogen (secondary N) is 1. The summed E-state index contributed by atoms with van der Waals surface area (Å²) >= 11 is 3.22. The molecule has 150 valence electrons. The number of hydrogen-bond donors (Lipinski definition) is 1. The molecule has 1 aliphatic rings. The normalized spacial score (nSPS) is 14.0. The molecule has 4 heterocycles. The zero-order valence-corrected chi connectivity index (χ0v) is 18.1. The second-order valence-corrected chi connectivity index (χ2v) is 9.68. The number of thiophene rings is 1. The van der Waals surface area contributed by atoms with Crippen LogP contribution in [0.25, 0.3) is 26.8 Å². The number of Topliss-reactive ketones (excluding diaryl/α,β-unsaturated/α-hetero) is 1. The molecule has 4 aromatic heterocycles. The van der Waals surface area contributed by atoms with Gasteiger partial charge in [-0.1, -0.05) is 30.0 Å². The number of aromatic amines is 1. The van der Waals surface area contributed by atoms with Crippen LogP contribution >= 0.6 is 23.1 Å². The molecule has 0 saturated carbocycles. The highest BCUT2D eigenvalue weighted by Crippen LogP contribution is 2.38. The highest BCUT2D eigenvalue weighted by molar-refractivity contribution is 7.99. The summed E-state index contributed by atoms with van der Waals surface area (Å²) in [7, 11) is 0. The predicted octanol–water partition coefficient (Wildman–Crippen LogP) is 4.98. The number of benzene rings is 1. The lowest BCUT2D eigenvalue weighted by Crippen LogP contribution is -2.04. The third-order valence-corrected chi connectivity index (χ3v) is 7.93. The van der Waals surface area contributed by atoms with E-state index in [0.717, 1.165) is 56.2 Å². The molecule has 1 aliphatic carbocycles. The number of carbonyl (C=O) groups is 1. The molecule has 5 aromatic rings. The van der Waals surface area contributed by atoms with Crippen molar-refractivity contribution in [3.05, 3.63) is 52.3 Å². The summed E-state index contributed by atoms with van der Waals surface area (Å²) in [4.78, 5) is 23.4. The number of carbonyl (C=O) groups excluding carboxylic acids is 1. The highest BCUT2D eigenvalue weighted by Gasteiger charge is 2.23. The van der Waals surface area contributed by atoms with Gasteiger partial charge in [-0.15, -0.1) is 21.5 Å². The van der Waals surface area contributed by atoms with Crippen molar-refractivity contribution >= 4 is 55.6 Å². The zero-order valence-electron chi connectivity index (χ0n) is 16.4. The van der Waals surface area contributed by atoms with Gasteiger partial charge < -0.3 is 4.98 Å². The van der Waals surface area contributed by atoms with E-state index in [1.807, 2.05) is 35.6 Å². The van der Waals surface area contributed by atoms with Crippen LogP contribution in [0.15, 0.2) is 35.6 Å². The summed E-state index contributed by atoms with van der Waals surface area (Å²) in [6.07, 6.45) is 6.48. The van der Waals surface area contributed by atoms with Gasteiger partial charge in [0.2, 0.25) is 0 Å². The van der Waals surface area contributed by atoms with Gasteiger partial charge in [0.25, 0.3) is 0 Å². The summed E-state index contributed by atoms with van der Waals surface area (Å²) in [5, 5.41) is 11.8. The number of para-hydroxylation sites is 1. The fourth-order valence-electron chi connectivity index (χ4n) is 4.38. The third-order valence-electron chi connectivity index (χ3n) is 5.82. The van der Waals surface area contributed by atoms with Crippen molar-refractivity contribution in [1.29, 1.82) is 0 Å². The Kier molecular flexibility index (Phi) is 4.17. The van der Waals surface area contributed by atoms with Crippen molar-refractivity contribution in [2.75, 3.05) is 5.75 Å². The van der Waals surface area contributed by atoms with Crippen LogP contribution in [0, 0.1) is 6.92 Å². The van der Waals surface area contributed by atoms with Crippen LogP contribution < -0.4 is 0 Å². The van der Waals surface area contributed by atoms with E-state index in [1.54, 1.807) is 17.5 Å². The van der Waals surface area contributed by atoms with Crippen LogP contribution in [0.1, 0.15) is 39.5 Å². The maximum atomic E-state index is 12.9. The molecule has 0 bridgehead atoms. The second-order valence-electron chi connectivity index (χ2n) is 7.65. The van der Waals surface area contributed by atoms with E-state index in [2.05, 4.69) is 15.2 Å². The molecule has 30 heavy (non-hydrogen) atoms. The van der Waals surface area contributed by atoms with Crippen molar-refractivity contribution in [1.82, 2.24) is 24.6 Å². The van der Waals surface area contributed by atoms with Crippen molar-refractivity contribution in [3.8, 4) is 0 Å². The Balaban J connectivity index is 1.36. The number of H-pyrrole nitrogens is 1. The van der Waals surface area contributed by atoms with Gasteiger partial charge in [-0.25, -0.2) is 4.98 Å². The largest absolute Gasteiger partial charge is 0.360 e. The first-order valence-electron chi connectivity index (χ1n) is 10.1. The van der Waals surface area contributed by atoms with Gasteiger partial charge in [-0.2, -0.15) is 0 Å². The molecule has 0 saturated heterocycles. The highest BCUT2D eigenvalue weighted by atomic mass is 32.2. The Morgan fingerprint density at radius 2 is 2.10 bits per heavy atom. The molecule has 6 rings (SSSR count). The van der Waals surface area contributed by atoms with E-state index >= 15 is 0 Å². The molecule has 0 amide bonds. The lowest BCUT2D eigenvalue weighted by atomic mass is 9.97. The molecule has 0 aliphatic heterocycles. The monoisotopic (exact) mass is 433 g/mol. The average Bonchev–Trinajstić information content (AvgIpc) is 3.46. The van der Waals surface area contributed by atoms with E-state index in [-0.39, 0.29) is 5.78 Å². The molecule has 0 unspecified atom stereocenters. The van der Waals surface area contributed by atoms with Crippen LogP contribution in [0.4, 0.5) is 0 Å². The Morgan fingerprint density at radius 1 is 1.23 bits per heavy atom. The van der Waals surface area contributed by atoms with Crippen molar-refractivity contribution in [2.24, 2.45) is 0 Å². The molecule has 0 atom stereocenters. The fraction of sp³-hybridized carbons (Fsp3) is 0.273. The van der Waals surface area contributed by atoms with Gasteiger partial charge in [0.05, 0.1) is 11.1 Å². The van der Waals surface area contributed by atoms with E-state index in [0.29, 0.717) is 5.75 Å². The lowest BCUT2D eigenvalue weighted by Gasteiger charge is -2.10. The number of aromatic nitrogens is 5. The van der Waals surface area contributed by atoms with Crippen molar-refractivity contribution in [3.63, 3.8) is 0 Å². The number of aryl methyl sites for hydroxylation is 3. The SMILES string of the molecule is Cc1nc2sc3c(c2c2nnc(SCC(=O)c4c[nH]c5ccccc45)n12)CCCC3. The summed E-state index contributed by atoms with van der Waals surface area (Å²) in [5.41, 5.74) is 3.97. The lowest BCUT2D eigenvalue weighted by molar-refractivity contribution is 0.102. The Hall–Kier alpha value is -2.71. The van der Waals surface area contributed by atoms with E-state index in [1.165, 1.54) is 35.0 Å². The predicted molar refractivity (Wildman–Crippen MR) is 121 cm³/mol. The Bertz CT molecular complexity index is 1440. The number of ketones is 1. The number of nitrogens with zero attached hydrogens (tertiary/aromatic N) is 4. The Morgan fingerprint density at radius 3 is 3.03 bits per heavy atom. The van der Waals surface area contributed by atoms with E-state index in [4.69, 9.17) is 4.98 Å². The Labute approximate surface area is 180 Å². The zero-order chi connectivity index (χ0) is 20.2. The number of hydrogen-bond acceptors (Lipinski definition) is 6. The summed E-state index contributed by atoms with van der Waals surface area (Å²) in [6.45, 7) is 1.99. The van der Waals surface area contributed by atoms with Crippen molar-refractivity contribution in [2.45, 2.75) is 37.8 Å². The van der Waals surface area contributed by atoms with Gasteiger partial charge >= 0.3 is 0 Å². The van der Waals surface area contributed by atoms with Crippen LogP contribution in [-0.4, -0.2) is 36.1 Å². The van der Waals surface area contributed by atoms with Gasteiger partial charge in [0, 0.05) is 27.5 Å². The van der Waals surface area contributed by atoms with Gasteiger partial charge in [0.15, 0.2) is 16.6 Å². The molecule has 0 fully saturated rings. The minimum absolute atomic E-state index is 0.0776. The molecular weight excluding hydrogens is 414 g/mol. The van der Waals surface area contributed by atoms with Gasteiger partial charge in [-0.3, -0.25) is 9.20 Å². The molecule has 0 radical (unpaired) electrons. The number of fused-ring (bicyclic) bond motifs is 6. The van der Waals surface area contributed by atoms with E-state index in [9.17, 15) is 4.79 Å². The number of thioether (sulfide) groups is 1. The van der Waals surface area contributed by atoms with Crippen LogP contribution in [-0.2, 0) is 12.8 Å². The summed E-state index contributed by atoms with van der Waals surface area (Å²) in [6, 6.07) is 7.87. The van der Waals surface area contributed by atoms with Gasteiger partial charge in [-0.05, 0) is 44.2 Å². The second kappa shape index (κ2) is 6.92. The molecule has 1 aromatic carbocycles. The van der Waals surface area contributed by atoms with Crippen LogP contribution in [0.3, 0.4) is 0 Å². The van der Waals surface area contributed by atoms with Crippen LogP contribution in [0.2, 0.25) is 0 Å². The standard InChI is InChI=1S/C22H19N5OS2/c1-12-24-21-19(14-7-3-5-9-18(14)30-21)20-25-26-22(27(12)20)29-11-17(28)15-10-23-16-8-4-2-6-13(15)16/h2,4,6,8,10,23H,3,5,7,9,11H2,1H3.